The van der Waals surface area contributed by atoms with Crippen LogP contribution in [0.2, 0.25) is 0 Å². The van der Waals surface area contributed by atoms with Gasteiger partial charge in [-0.1, -0.05) is 66.2 Å². The highest BCUT2D eigenvalue weighted by atomic mass is 31.2. The molecule has 0 saturated heterocycles. The van der Waals surface area contributed by atoms with E-state index in [1.807, 2.05) is 20.8 Å². The summed E-state index contributed by atoms with van der Waals surface area (Å²) in [6, 6.07) is 0. The number of hydrogen-bond donors (Lipinski definition) is 0. The molecule has 0 aliphatic carbocycles. The Balaban J connectivity index is 4.25. The van der Waals surface area contributed by atoms with Crippen molar-refractivity contribution >= 4 is 7.82 Å². The van der Waals surface area contributed by atoms with Crippen molar-refractivity contribution < 1.29 is 18.1 Å². The molecule has 0 saturated carbocycles. The number of phosphoric ester groups is 1. The van der Waals surface area contributed by atoms with Crippen LogP contribution in [-0.4, -0.2) is 19.3 Å². The second-order valence-corrected chi connectivity index (χ2v) is 7.91. The summed E-state index contributed by atoms with van der Waals surface area (Å²) in [7, 11) is -3.43. The minimum absolute atomic E-state index is 0.142. The van der Waals surface area contributed by atoms with Gasteiger partial charge in [-0.25, -0.2) is 4.57 Å². The Morgan fingerprint density at radius 3 is 1.59 bits per heavy atom. The van der Waals surface area contributed by atoms with Crippen molar-refractivity contribution in [2.75, 3.05) is 13.2 Å². The van der Waals surface area contributed by atoms with Gasteiger partial charge in [0.1, 0.15) is 0 Å². The maximum atomic E-state index is 12.7. The van der Waals surface area contributed by atoms with Crippen molar-refractivity contribution in [3.05, 3.63) is 0 Å². The van der Waals surface area contributed by atoms with Gasteiger partial charge >= 0.3 is 7.82 Å². The van der Waals surface area contributed by atoms with Crippen molar-refractivity contribution in [2.45, 2.75) is 92.1 Å². The molecule has 0 aromatic carbocycles. The van der Waals surface area contributed by atoms with Crippen LogP contribution in [0.4, 0.5) is 0 Å². The first-order chi connectivity index (χ1) is 10.4. The van der Waals surface area contributed by atoms with Crippen LogP contribution >= 0.6 is 7.82 Å². The van der Waals surface area contributed by atoms with E-state index < -0.39 is 7.82 Å². The first kappa shape index (κ1) is 22.1. The fourth-order valence-electron chi connectivity index (χ4n) is 1.83. The third kappa shape index (κ3) is 11.6. The Labute approximate surface area is 137 Å². The molecule has 0 aromatic rings. The molecule has 0 N–H and O–H groups in total. The molecule has 5 heteroatoms. The van der Waals surface area contributed by atoms with Crippen LogP contribution in [0.25, 0.3) is 0 Å². The molecule has 4 nitrogen and oxygen atoms in total. The van der Waals surface area contributed by atoms with Gasteiger partial charge in [0.15, 0.2) is 0 Å². The Bertz CT molecular complexity index is 276. The molecule has 0 heterocycles. The zero-order valence-electron chi connectivity index (χ0n) is 15.3. The van der Waals surface area contributed by atoms with Crippen molar-refractivity contribution in [1.82, 2.24) is 0 Å². The molecule has 0 aliphatic rings. The molecule has 0 rings (SSSR count). The smallest absolute Gasteiger partial charge is 0.287 e. The van der Waals surface area contributed by atoms with Gasteiger partial charge in [0.05, 0.1) is 19.3 Å². The van der Waals surface area contributed by atoms with Gasteiger partial charge in [-0.2, -0.15) is 0 Å². The van der Waals surface area contributed by atoms with Crippen molar-refractivity contribution in [3.63, 3.8) is 0 Å². The highest BCUT2D eigenvalue weighted by molar-refractivity contribution is 7.48. The lowest BCUT2D eigenvalue weighted by atomic mass is 10.1. The SMILES string of the molecule is CCCCCCOP(=O)(OCCCCCC)OC(C)C(C)C. The van der Waals surface area contributed by atoms with Crippen LogP contribution in [0.1, 0.15) is 86.0 Å². The Morgan fingerprint density at radius 1 is 0.773 bits per heavy atom. The molecule has 0 amide bonds. The fraction of sp³-hybridized carbons (Fsp3) is 1.00. The molecule has 134 valence electrons. The lowest BCUT2D eigenvalue weighted by molar-refractivity contribution is 0.0648. The average molecular weight is 336 g/mol. The molecule has 0 aromatic heterocycles. The third-order valence-electron chi connectivity index (χ3n) is 3.73. The summed E-state index contributed by atoms with van der Waals surface area (Å²) in [6.45, 7) is 11.2. The lowest BCUT2D eigenvalue weighted by Gasteiger charge is -2.23. The van der Waals surface area contributed by atoms with Crippen LogP contribution in [0, 0.1) is 5.92 Å². The van der Waals surface area contributed by atoms with Gasteiger partial charge in [-0.15, -0.1) is 0 Å². The number of rotatable bonds is 15. The van der Waals surface area contributed by atoms with Crippen LogP contribution in [0.15, 0.2) is 0 Å². The first-order valence-electron chi connectivity index (χ1n) is 9.02. The van der Waals surface area contributed by atoms with Crippen LogP contribution in [0.5, 0.6) is 0 Å². The summed E-state index contributed by atoms with van der Waals surface area (Å²) < 4.78 is 29.4. The maximum absolute atomic E-state index is 12.7. The fourth-order valence-corrected chi connectivity index (χ4v) is 3.39. The predicted octanol–water partition coefficient (Wildman–Crippen LogP) is 6.35. The summed E-state index contributed by atoms with van der Waals surface area (Å²) in [5.41, 5.74) is 0. The van der Waals surface area contributed by atoms with Gasteiger partial charge in [0, 0.05) is 0 Å². The standard InChI is InChI=1S/C17H37O4P/c1-6-8-10-12-14-19-22(18,21-17(5)16(3)4)20-15-13-11-9-7-2/h16-17H,6-15H2,1-5H3. The van der Waals surface area contributed by atoms with Gasteiger partial charge in [0.2, 0.25) is 0 Å². The number of unbranched alkanes of at least 4 members (excludes halogenated alkanes) is 6. The van der Waals surface area contributed by atoms with E-state index in [-0.39, 0.29) is 12.0 Å². The van der Waals surface area contributed by atoms with E-state index in [9.17, 15) is 4.57 Å². The van der Waals surface area contributed by atoms with E-state index in [1.54, 1.807) is 0 Å². The second-order valence-electron chi connectivity index (χ2n) is 6.29. The third-order valence-corrected chi connectivity index (χ3v) is 5.32. The molecular weight excluding hydrogens is 299 g/mol. The Morgan fingerprint density at radius 2 is 1.23 bits per heavy atom. The molecular formula is C17H37O4P. The number of phosphoric acid groups is 1. The predicted molar refractivity (Wildman–Crippen MR) is 93.2 cm³/mol. The zero-order chi connectivity index (χ0) is 16.8. The van der Waals surface area contributed by atoms with Gasteiger partial charge < -0.3 is 0 Å². The molecule has 0 radical (unpaired) electrons. The molecule has 0 spiro atoms. The van der Waals surface area contributed by atoms with E-state index in [0.717, 1.165) is 25.7 Å². The van der Waals surface area contributed by atoms with Gasteiger partial charge in [-0.3, -0.25) is 13.6 Å². The zero-order valence-corrected chi connectivity index (χ0v) is 16.2. The van der Waals surface area contributed by atoms with E-state index >= 15 is 0 Å². The normalized spacial score (nSPS) is 13.7. The van der Waals surface area contributed by atoms with E-state index in [4.69, 9.17) is 13.6 Å². The summed E-state index contributed by atoms with van der Waals surface area (Å²) in [6.07, 6.45) is 8.53. The van der Waals surface area contributed by atoms with E-state index in [2.05, 4.69) is 13.8 Å². The molecule has 1 atom stereocenters. The largest absolute Gasteiger partial charge is 0.475 e. The van der Waals surface area contributed by atoms with Crippen LogP contribution in [0.3, 0.4) is 0 Å². The van der Waals surface area contributed by atoms with Crippen LogP contribution in [-0.2, 0) is 18.1 Å². The summed E-state index contributed by atoms with van der Waals surface area (Å²) in [5.74, 6) is 0.278. The average Bonchev–Trinajstić information content (AvgIpc) is 2.46. The highest BCUT2D eigenvalue weighted by Gasteiger charge is 2.30. The lowest BCUT2D eigenvalue weighted by Crippen LogP contribution is -2.16. The van der Waals surface area contributed by atoms with Crippen molar-refractivity contribution in [1.29, 1.82) is 0 Å². The summed E-state index contributed by atoms with van der Waals surface area (Å²) in [4.78, 5) is 0. The first-order valence-corrected chi connectivity index (χ1v) is 10.5. The van der Waals surface area contributed by atoms with Crippen LogP contribution < -0.4 is 0 Å². The Hall–Kier alpha value is 0.110. The van der Waals surface area contributed by atoms with Gasteiger partial charge in [0.25, 0.3) is 0 Å². The maximum Gasteiger partial charge on any atom is 0.475 e. The second kappa shape index (κ2) is 13.5. The minimum Gasteiger partial charge on any atom is -0.287 e. The molecule has 0 aliphatic heterocycles. The molecule has 22 heavy (non-hydrogen) atoms. The summed E-state index contributed by atoms with van der Waals surface area (Å²) in [5, 5.41) is 0. The van der Waals surface area contributed by atoms with Gasteiger partial charge in [-0.05, 0) is 25.7 Å². The van der Waals surface area contributed by atoms with Crippen molar-refractivity contribution in [3.8, 4) is 0 Å². The number of hydrogen-bond acceptors (Lipinski definition) is 4. The minimum atomic E-state index is -3.43. The quantitative estimate of drug-likeness (QED) is 0.258. The van der Waals surface area contributed by atoms with E-state index in [0.29, 0.717) is 13.2 Å². The monoisotopic (exact) mass is 336 g/mol. The Kier molecular flexibility index (Phi) is 13.6. The van der Waals surface area contributed by atoms with E-state index in [1.165, 1.54) is 25.7 Å². The molecule has 1 unspecified atom stereocenters. The molecule has 0 fully saturated rings. The highest BCUT2D eigenvalue weighted by Crippen LogP contribution is 2.51. The molecule has 0 bridgehead atoms. The topological polar surface area (TPSA) is 44.8 Å². The summed E-state index contributed by atoms with van der Waals surface area (Å²) >= 11 is 0. The van der Waals surface area contributed by atoms with Crippen molar-refractivity contribution in [2.24, 2.45) is 5.92 Å².